The van der Waals surface area contributed by atoms with Crippen LogP contribution in [0.2, 0.25) is 0 Å². The third-order valence-electron chi connectivity index (χ3n) is 6.77. The van der Waals surface area contributed by atoms with Crippen molar-refractivity contribution in [2.24, 2.45) is 0 Å². The van der Waals surface area contributed by atoms with Gasteiger partial charge in [-0.1, -0.05) is 72.3 Å². The predicted octanol–water partition coefficient (Wildman–Crippen LogP) is 7.99. The van der Waals surface area contributed by atoms with E-state index in [4.69, 9.17) is 9.15 Å². The Morgan fingerprint density at radius 3 is 2.49 bits per heavy atom. The van der Waals surface area contributed by atoms with Crippen LogP contribution < -0.4 is 10.1 Å². The molecule has 1 aromatic heterocycles. The van der Waals surface area contributed by atoms with E-state index in [2.05, 4.69) is 54.7 Å². The van der Waals surface area contributed by atoms with Crippen LogP contribution in [0.3, 0.4) is 0 Å². The van der Waals surface area contributed by atoms with Crippen LogP contribution >= 0.6 is 0 Å². The number of furan rings is 1. The molecule has 1 heterocycles. The molecule has 5 aromatic rings. The summed E-state index contributed by atoms with van der Waals surface area (Å²) in [5.41, 5.74) is 7.85. The maximum Gasteiger partial charge on any atom is 0.244 e. The number of fused-ring (bicyclic) bond motifs is 2. The zero-order valence-corrected chi connectivity index (χ0v) is 21.7. The van der Waals surface area contributed by atoms with E-state index in [-0.39, 0.29) is 5.91 Å². The molecule has 0 aliphatic heterocycles. The van der Waals surface area contributed by atoms with Crippen molar-refractivity contribution in [2.45, 2.75) is 34.2 Å². The lowest BCUT2D eigenvalue weighted by Gasteiger charge is -2.15. The highest BCUT2D eigenvalue weighted by Gasteiger charge is 2.20. The van der Waals surface area contributed by atoms with Gasteiger partial charge in [0.2, 0.25) is 5.91 Å². The number of benzene rings is 4. The lowest BCUT2D eigenvalue weighted by molar-refractivity contribution is -0.116. The van der Waals surface area contributed by atoms with Gasteiger partial charge in [0.25, 0.3) is 0 Å². The maximum atomic E-state index is 12.8. The molecular formula is C33H31NO3. The number of nitrogens with one attached hydrogen (secondary N) is 1. The maximum absolute atomic E-state index is 12.8. The Bertz CT molecular complexity index is 1620. The molecule has 0 radical (unpaired) electrons. The number of amides is 1. The second-order valence-corrected chi connectivity index (χ2v) is 9.39. The fraction of sp³-hybridized carbons (Fsp3) is 0.182. The van der Waals surface area contributed by atoms with Crippen LogP contribution in [0, 0.1) is 13.8 Å². The second-order valence-electron chi connectivity index (χ2n) is 9.39. The first-order valence-electron chi connectivity index (χ1n) is 12.6. The molecule has 4 heteroatoms. The first-order chi connectivity index (χ1) is 18.0. The van der Waals surface area contributed by atoms with Crippen LogP contribution in [0.5, 0.6) is 5.75 Å². The molecular weight excluding hydrogens is 458 g/mol. The fourth-order valence-corrected chi connectivity index (χ4v) is 4.83. The summed E-state index contributed by atoms with van der Waals surface area (Å²) >= 11 is 0. The summed E-state index contributed by atoms with van der Waals surface area (Å²) in [4.78, 5) is 12.8. The van der Waals surface area contributed by atoms with E-state index in [1.165, 1.54) is 16.3 Å². The number of ether oxygens (including phenoxy) is 1. The molecule has 0 spiro atoms. The molecule has 0 aliphatic rings. The Kier molecular flexibility index (Phi) is 6.82. The van der Waals surface area contributed by atoms with Gasteiger partial charge in [0, 0.05) is 34.7 Å². The minimum atomic E-state index is -0.139. The first-order valence-corrected chi connectivity index (χ1v) is 12.6. The number of hydrogen-bond donors (Lipinski definition) is 1. The van der Waals surface area contributed by atoms with Gasteiger partial charge in [-0.25, -0.2) is 0 Å². The quantitative estimate of drug-likeness (QED) is 0.236. The minimum absolute atomic E-state index is 0.139. The van der Waals surface area contributed by atoms with Gasteiger partial charge < -0.3 is 14.5 Å². The predicted molar refractivity (Wildman–Crippen MR) is 152 cm³/mol. The van der Waals surface area contributed by atoms with Crippen molar-refractivity contribution >= 4 is 33.2 Å². The van der Waals surface area contributed by atoms with Gasteiger partial charge in [-0.2, -0.15) is 0 Å². The first kappa shape index (κ1) is 24.4. The Morgan fingerprint density at radius 1 is 0.946 bits per heavy atom. The van der Waals surface area contributed by atoms with Crippen LogP contribution in [0.25, 0.3) is 38.4 Å². The van der Waals surface area contributed by atoms with E-state index in [0.717, 1.165) is 50.1 Å². The number of hydrogen-bond acceptors (Lipinski definition) is 3. The van der Waals surface area contributed by atoms with Crippen molar-refractivity contribution in [1.29, 1.82) is 0 Å². The van der Waals surface area contributed by atoms with Crippen molar-refractivity contribution in [3.8, 4) is 16.9 Å². The van der Waals surface area contributed by atoms with Crippen LogP contribution in [-0.2, 0) is 11.3 Å². The lowest BCUT2D eigenvalue weighted by atomic mass is 9.94. The molecule has 37 heavy (non-hydrogen) atoms. The van der Waals surface area contributed by atoms with Gasteiger partial charge >= 0.3 is 0 Å². The van der Waals surface area contributed by atoms with Crippen molar-refractivity contribution in [2.75, 3.05) is 6.61 Å². The van der Waals surface area contributed by atoms with Gasteiger partial charge in [0.15, 0.2) is 0 Å². The number of rotatable bonds is 7. The van der Waals surface area contributed by atoms with Crippen molar-refractivity contribution in [3.63, 3.8) is 0 Å². The third kappa shape index (κ3) is 4.88. The van der Waals surface area contributed by atoms with Gasteiger partial charge in [-0.05, 0) is 61.2 Å². The van der Waals surface area contributed by atoms with Crippen molar-refractivity contribution < 1.29 is 13.9 Å². The molecule has 0 saturated carbocycles. The van der Waals surface area contributed by atoms with E-state index in [1.54, 1.807) is 6.08 Å². The van der Waals surface area contributed by atoms with Crippen LogP contribution in [0.15, 0.2) is 89.6 Å². The van der Waals surface area contributed by atoms with E-state index >= 15 is 0 Å². The monoisotopic (exact) mass is 489 g/mol. The van der Waals surface area contributed by atoms with E-state index < -0.39 is 0 Å². The zero-order chi connectivity index (χ0) is 25.9. The molecule has 1 amide bonds. The Morgan fingerprint density at radius 2 is 1.70 bits per heavy atom. The summed E-state index contributed by atoms with van der Waals surface area (Å²) < 4.78 is 12.2. The van der Waals surface area contributed by atoms with E-state index in [0.29, 0.717) is 13.2 Å². The minimum Gasteiger partial charge on any atom is -0.493 e. The third-order valence-corrected chi connectivity index (χ3v) is 6.77. The smallest absolute Gasteiger partial charge is 0.244 e. The van der Waals surface area contributed by atoms with Gasteiger partial charge in [-0.15, -0.1) is 0 Å². The zero-order valence-electron chi connectivity index (χ0n) is 21.7. The van der Waals surface area contributed by atoms with E-state index in [1.807, 2.05) is 57.4 Å². The van der Waals surface area contributed by atoms with Gasteiger partial charge in [0.1, 0.15) is 11.3 Å². The van der Waals surface area contributed by atoms with Crippen LogP contribution in [0.4, 0.5) is 0 Å². The van der Waals surface area contributed by atoms with Crippen LogP contribution in [0.1, 0.15) is 36.1 Å². The van der Waals surface area contributed by atoms with Gasteiger partial charge in [-0.3, -0.25) is 4.79 Å². The molecule has 0 aliphatic carbocycles. The molecule has 4 nitrogen and oxygen atoms in total. The number of aryl methyl sites for hydroxylation is 2. The van der Waals surface area contributed by atoms with Gasteiger partial charge in [0.05, 0.1) is 12.9 Å². The number of carbonyl (C=O) groups excluding carboxylic acids is 1. The highest BCUT2D eigenvalue weighted by Crippen LogP contribution is 2.42. The highest BCUT2D eigenvalue weighted by molar-refractivity contribution is 6.07. The Labute approximate surface area is 217 Å². The molecule has 0 atom stereocenters. The van der Waals surface area contributed by atoms with E-state index in [9.17, 15) is 4.79 Å². The summed E-state index contributed by atoms with van der Waals surface area (Å²) in [6.45, 7) is 8.97. The molecule has 4 aromatic carbocycles. The Balaban J connectivity index is 1.55. The van der Waals surface area contributed by atoms with Crippen LogP contribution in [-0.4, -0.2) is 12.5 Å². The molecule has 0 saturated heterocycles. The molecule has 0 bridgehead atoms. The second kappa shape index (κ2) is 10.4. The normalized spacial score (nSPS) is 11.7. The summed E-state index contributed by atoms with van der Waals surface area (Å²) in [6.07, 6.45) is 3.47. The fourth-order valence-electron chi connectivity index (χ4n) is 4.83. The summed E-state index contributed by atoms with van der Waals surface area (Å²) in [5, 5.41) is 6.35. The van der Waals surface area contributed by atoms with Crippen molar-refractivity contribution in [3.05, 3.63) is 107 Å². The average Bonchev–Trinajstić information content (AvgIpc) is 3.33. The highest BCUT2D eigenvalue weighted by atomic mass is 16.5. The number of carbonyl (C=O) groups is 1. The summed E-state index contributed by atoms with van der Waals surface area (Å²) in [7, 11) is 0. The SMILES string of the molecule is CCOc1c(/C(C)=C/C(=O)NCc2ccc(C)cc2)cc2c(-c3cccc4ccccc34)coc2c1C. The molecule has 0 fully saturated rings. The average molecular weight is 490 g/mol. The molecule has 0 unspecified atom stereocenters. The molecule has 1 N–H and O–H groups in total. The Hall–Kier alpha value is -4.31. The standard InChI is InChI=1S/C33H31NO3/c1-5-36-32-23(4)33-29(30(20-37-33)27-12-8-10-25-9-6-7-11-26(25)27)18-28(32)22(3)17-31(35)34-19-24-15-13-21(2)14-16-24/h6-18,20H,5,19H2,1-4H3,(H,34,35)/b22-17+. The van der Waals surface area contributed by atoms with Crippen molar-refractivity contribution in [1.82, 2.24) is 5.32 Å². The summed E-state index contributed by atoms with van der Waals surface area (Å²) in [6, 6.07) is 24.9. The number of allylic oxidation sites excluding steroid dienone is 1. The largest absolute Gasteiger partial charge is 0.493 e. The topological polar surface area (TPSA) is 51.5 Å². The molecule has 5 rings (SSSR count). The lowest BCUT2D eigenvalue weighted by Crippen LogP contribution is -2.20. The molecule has 186 valence electrons. The summed E-state index contributed by atoms with van der Waals surface area (Å²) in [5.74, 6) is 0.605.